The molecule has 39 heavy (non-hydrogen) atoms. The normalized spacial score (nSPS) is 12.2. The minimum absolute atomic E-state index is 0.175. The lowest BCUT2D eigenvalue weighted by Crippen LogP contribution is -2.29. The summed E-state index contributed by atoms with van der Waals surface area (Å²) in [5.74, 6) is 0.499. The number of anilines is 1. The maximum Gasteiger partial charge on any atom is 0.257 e. The maximum absolute atomic E-state index is 13.3. The Morgan fingerprint density at radius 2 is 1.87 bits per heavy atom. The number of carbonyl (C=O) groups is 1. The van der Waals surface area contributed by atoms with Gasteiger partial charge in [-0.3, -0.25) is 15.1 Å². The van der Waals surface area contributed by atoms with Gasteiger partial charge in [-0.05, 0) is 67.9 Å². The van der Waals surface area contributed by atoms with Crippen molar-refractivity contribution in [1.29, 1.82) is 0 Å². The molecule has 0 spiro atoms. The van der Waals surface area contributed by atoms with Gasteiger partial charge in [0, 0.05) is 48.7 Å². The summed E-state index contributed by atoms with van der Waals surface area (Å²) in [5, 5.41) is 8.57. The van der Waals surface area contributed by atoms with Crippen LogP contribution in [0.25, 0.3) is 11.3 Å². The van der Waals surface area contributed by atoms with Gasteiger partial charge in [0.2, 0.25) is 0 Å². The zero-order valence-corrected chi connectivity index (χ0v) is 23.7. The van der Waals surface area contributed by atoms with Crippen molar-refractivity contribution in [1.82, 2.24) is 15.3 Å². The van der Waals surface area contributed by atoms with Crippen molar-refractivity contribution >= 4 is 32.2 Å². The van der Waals surface area contributed by atoms with E-state index in [9.17, 15) is 13.2 Å². The van der Waals surface area contributed by atoms with Crippen LogP contribution < -0.4 is 15.4 Å². The van der Waals surface area contributed by atoms with Crippen LogP contribution in [0.4, 0.5) is 5.13 Å². The van der Waals surface area contributed by atoms with Gasteiger partial charge in [0.05, 0.1) is 22.9 Å². The molecule has 0 aliphatic rings. The number of aryl methyl sites for hydroxylation is 1. The average molecular weight is 567 g/mol. The number of pyridine rings is 1. The highest BCUT2D eigenvalue weighted by atomic mass is 32.2. The van der Waals surface area contributed by atoms with Crippen molar-refractivity contribution < 1.29 is 22.7 Å². The fraction of sp³-hybridized carbons (Fsp3) is 0.250. The van der Waals surface area contributed by atoms with Crippen LogP contribution in [0.2, 0.25) is 0 Å². The summed E-state index contributed by atoms with van der Waals surface area (Å²) >= 11 is 1.34. The van der Waals surface area contributed by atoms with E-state index < -0.39 is 9.84 Å². The van der Waals surface area contributed by atoms with Gasteiger partial charge in [-0.15, -0.1) is 11.3 Å². The van der Waals surface area contributed by atoms with Crippen LogP contribution in [-0.2, 0) is 21.1 Å². The van der Waals surface area contributed by atoms with Crippen LogP contribution in [0.1, 0.15) is 28.5 Å². The number of nitrogens with zero attached hydrogens (tertiary/aromatic N) is 2. The Kier molecular flexibility index (Phi) is 9.08. The highest BCUT2D eigenvalue weighted by Crippen LogP contribution is 2.31. The average Bonchev–Trinajstić information content (AvgIpc) is 3.35. The molecule has 0 saturated carbocycles. The first-order valence-corrected chi connectivity index (χ1v) is 14.9. The van der Waals surface area contributed by atoms with E-state index in [4.69, 9.17) is 9.47 Å². The van der Waals surface area contributed by atoms with Gasteiger partial charge in [0.15, 0.2) is 15.0 Å². The number of rotatable bonds is 11. The molecule has 11 heteroatoms. The second-order valence-electron chi connectivity index (χ2n) is 9.10. The van der Waals surface area contributed by atoms with Crippen LogP contribution in [0, 0.1) is 6.92 Å². The second kappa shape index (κ2) is 12.5. The Labute approximate surface area is 232 Å². The molecule has 0 radical (unpaired) electrons. The minimum atomic E-state index is -3.33. The number of sulfone groups is 1. The Bertz CT molecular complexity index is 1550. The first-order valence-electron chi connectivity index (χ1n) is 12.2. The molecule has 2 heterocycles. The fourth-order valence-electron chi connectivity index (χ4n) is 3.81. The van der Waals surface area contributed by atoms with Gasteiger partial charge in [-0.2, -0.15) is 0 Å². The molecule has 2 N–H and O–H groups in total. The smallest absolute Gasteiger partial charge is 0.257 e. The third kappa shape index (κ3) is 7.70. The standard InChI is InChI=1S/C28H30N4O5S2/c1-18-6-5-11-29-26(18)20-12-21(14-24(13-20)37-23-7-9-25(10-8-23)39(4,34)35)27(33)32-28-31-22(17-38-28)15-30-19(2)16-36-3/h5-14,17,19,30H,15-16H2,1-4H3,(H,31,32,33). The molecule has 0 fully saturated rings. The number of nitrogens with one attached hydrogen (secondary N) is 2. The van der Waals surface area contributed by atoms with E-state index in [1.165, 1.54) is 23.5 Å². The molecule has 1 atom stereocenters. The minimum Gasteiger partial charge on any atom is -0.457 e. The number of aromatic nitrogens is 2. The number of ether oxygens (including phenoxy) is 2. The molecule has 0 bridgehead atoms. The molecule has 4 aromatic rings. The number of benzene rings is 2. The van der Waals surface area contributed by atoms with E-state index in [0.29, 0.717) is 40.9 Å². The topological polar surface area (TPSA) is 120 Å². The van der Waals surface area contributed by atoms with E-state index in [-0.39, 0.29) is 16.8 Å². The van der Waals surface area contributed by atoms with Crippen molar-refractivity contribution in [3.05, 3.63) is 83.0 Å². The summed E-state index contributed by atoms with van der Waals surface area (Å²) in [5.41, 5.74) is 3.55. The van der Waals surface area contributed by atoms with Gasteiger partial charge >= 0.3 is 0 Å². The molecule has 2 aromatic carbocycles. The lowest BCUT2D eigenvalue weighted by atomic mass is 10.0. The summed E-state index contributed by atoms with van der Waals surface area (Å²) in [6.07, 6.45) is 2.84. The number of hydrogen-bond donors (Lipinski definition) is 2. The molecule has 204 valence electrons. The maximum atomic E-state index is 13.3. The Balaban J connectivity index is 1.58. The SMILES string of the molecule is COCC(C)NCc1csc(NC(=O)c2cc(Oc3ccc(S(C)(=O)=O)cc3)cc(-c3ncccc3C)c2)n1. The van der Waals surface area contributed by atoms with E-state index in [2.05, 4.69) is 20.6 Å². The largest absolute Gasteiger partial charge is 0.457 e. The highest BCUT2D eigenvalue weighted by Gasteiger charge is 2.16. The number of thiazole rings is 1. The lowest BCUT2D eigenvalue weighted by molar-refractivity contribution is 0.102. The number of carbonyl (C=O) groups excluding carboxylic acids is 1. The third-order valence-electron chi connectivity index (χ3n) is 5.76. The fourth-order valence-corrected chi connectivity index (χ4v) is 5.14. The predicted molar refractivity (Wildman–Crippen MR) is 152 cm³/mol. The molecule has 4 rings (SSSR count). The lowest BCUT2D eigenvalue weighted by Gasteiger charge is -2.12. The molecule has 1 unspecified atom stereocenters. The summed E-state index contributed by atoms with van der Waals surface area (Å²) < 4.78 is 34.8. The molecule has 0 aliphatic heterocycles. The van der Waals surface area contributed by atoms with Crippen LogP contribution in [0.15, 0.2) is 71.1 Å². The molecule has 9 nitrogen and oxygen atoms in total. The summed E-state index contributed by atoms with van der Waals surface area (Å²) in [7, 11) is -1.67. The molecule has 2 aromatic heterocycles. The number of amides is 1. The van der Waals surface area contributed by atoms with Crippen molar-refractivity contribution in [2.75, 3.05) is 25.3 Å². The van der Waals surface area contributed by atoms with Gasteiger partial charge in [0.1, 0.15) is 11.5 Å². The molecular weight excluding hydrogens is 536 g/mol. The molecule has 0 aliphatic carbocycles. The van der Waals surface area contributed by atoms with Crippen molar-refractivity contribution in [3.63, 3.8) is 0 Å². The molecule has 0 saturated heterocycles. The summed E-state index contributed by atoms with van der Waals surface area (Å²) in [6.45, 7) is 5.11. The highest BCUT2D eigenvalue weighted by molar-refractivity contribution is 7.90. The van der Waals surface area contributed by atoms with Gasteiger partial charge in [0.25, 0.3) is 5.91 Å². The van der Waals surface area contributed by atoms with E-state index >= 15 is 0 Å². The van der Waals surface area contributed by atoms with Crippen LogP contribution in [-0.4, -0.2) is 50.3 Å². The van der Waals surface area contributed by atoms with E-state index in [0.717, 1.165) is 23.2 Å². The zero-order chi connectivity index (χ0) is 28.0. The Morgan fingerprint density at radius 3 is 2.56 bits per heavy atom. The number of hydrogen-bond acceptors (Lipinski definition) is 9. The zero-order valence-electron chi connectivity index (χ0n) is 22.1. The van der Waals surface area contributed by atoms with Gasteiger partial charge < -0.3 is 14.8 Å². The third-order valence-corrected chi connectivity index (χ3v) is 7.69. The predicted octanol–water partition coefficient (Wildman–Crippen LogP) is 5.09. The molecule has 1 amide bonds. The summed E-state index contributed by atoms with van der Waals surface area (Å²) in [4.78, 5) is 22.5. The van der Waals surface area contributed by atoms with Crippen molar-refractivity contribution in [2.24, 2.45) is 0 Å². The Hall–Kier alpha value is -3.64. The van der Waals surface area contributed by atoms with Crippen LogP contribution in [0.5, 0.6) is 11.5 Å². The van der Waals surface area contributed by atoms with E-state index in [1.807, 2.05) is 31.4 Å². The van der Waals surface area contributed by atoms with Crippen molar-refractivity contribution in [2.45, 2.75) is 31.3 Å². The first-order chi connectivity index (χ1) is 18.6. The Morgan fingerprint density at radius 1 is 1.10 bits per heavy atom. The van der Waals surface area contributed by atoms with Gasteiger partial charge in [-0.1, -0.05) is 6.07 Å². The van der Waals surface area contributed by atoms with E-state index in [1.54, 1.807) is 43.6 Å². The molecular formula is C28H30N4O5S2. The van der Waals surface area contributed by atoms with Crippen LogP contribution in [0.3, 0.4) is 0 Å². The monoisotopic (exact) mass is 566 g/mol. The first kappa shape index (κ1) is 28.4. The van der Waals surface area contributed by atoms with Crippen LogP contribution >= 0.6 is 11.3 Å². The summed E-state index contributed by atoms with van der Waals surface area (Å²) in [6, 6.07) is 15.3. The quantitative estimate of drug-likeness (QED) is 0.258. The second-order valence-corrected chi connectivity index (χ2v) is 12.0. The van der Waals surface area contributed by atoms with Crippen molar-refractivity contribution in [3.8, 4) is 22.8 Å². The van der Waals surface area contributed by atoms with Gasteiger partial charge in [-0.25, -0.2) is 13.4 Å². The number of methoxy groups -OCH3 is 1.